The maximum atomic E-state index is 10.6. The standard InChI is InChI=1S/C12H13N3O2/c1-8-4-2-3-5-9(8)10-6-11(13)15(14-10)7-12(16)17/h2-6H,7,13H2,1H3,(H,16,17). The van der Waals surface area contributed by atoms with E-state index < -0.39 is 5.97 Å². The first kappa shape index (κ1) is 11.2. The Bertz CT molecular complexity index is 561. The Morgan fingerprint density at radius 3 is 2.82 bits per heavy atom. The van der Waals surface area contributed by atoms with E-state index in [-0.39, 0.29) is 6.54 Å². The first-order valence-electron chi connectivity index (χ1n) is 5.19. The van der Waals surface area contributed by atoms with Gasteiger partial charge in [-0.05, 0) is 12.5 Å². The lowest BCUT2D eigenvalue weighted by atomic mass is 10.1. The molecule has 2 aromatic rings. The van der Waals surface area contributed by atoms with E-state index in [4.69, 9.17) is 10.8 Å². The van der Waals surface area contributed by atoms with Crippen LogP contribution < -0.4 is 5.73 Å². The van der Waals surface area contributed by atoms with Gasteiger partial charge in [-0.1, -0.05) is 24.3 Å². The highest BCUT2D eigenvalue weighted by atomic mass is 16.4. The number of aryl methyl sites for hydroxylation is 1. The lowest BCUT2D eigenvalue weighted by molar-refractivity contribution is -0.137. The zero-order chi connectivity index (χ0) is 12.4. The Balaban J connectivity index is 2.41. The minimum atomic E-state index is -0.962. The summed E-state index contributed by atoms with van der Waals surface area (Å²) in [6, 6.07) is 9.44. The molecule has 88 valence electrons. The fraction of sp³-hybridized carbons (Fsp3) is 0.167. The third-order valence-corrected chi connectivity index (χ3v) is 2.52. The number of hydrogen-bond acceptors (Lipinski definition) is 3. The van der Waals surface area contributed by atoms with Crippen molar-refractivity contribution in [2.24, 2.45) is 0 Å². The number of aromatic nitrogens is 2. The van der Waals surface area contributed by atoms with E-state index in [1.165, 1.54) is 4.68 Å². The fourth-order valence-corrected chi connectivity index (χ4v) is 1.68. The molecule has 0 unspecified atom stereocenters. The fourth-order valence-electron chi connectivity index (χ4n) is 1.68. The van der Waals surface area contributed by atoms with Crippen LogP contribution in [0.1, 0.15) is 5.56 Å². The molecule has 5 heteroatoms. The lowest BCUT2D eigenvalue weighted by Crippen LogP contribution is -2.12. The number of carboxylic acids is 1. The van der Waals surface area contributed by atoms with Gasteiger partial charge in [-0.15, -0.1) is 0 Å². The number of anilines is 1. The molecule has 3 N–H and O–H groups in total. The number of benzene rings is 1. The van der Waals surface area contributed by atoms with Crippen molar-refractivity contribution < 1.29 is 9.90 Å². The summed E-state index contributed by atoms with van der Waals surface area (Å²) in [6.45, 7) is 1.75. The summed E-state index contributed by atoms with van der Waals surface area (Å²) in [5.74, 6) is -0.609. The van der Waals surface area contributed by atoms with Crippen molar-refractivity contribution in [2.75, 3.05) is 5.73 Å². The topological polar surface area (TPSA) is 81.1 Å². The molecule has 1 aromatic carbocycles. The van der Waals surface area contributed by atoms with Gasteiger partial charge < -0.3 is 10.8 Å². The van der Waals surface area contributed by atoms with Gasteiger partial charge in [-0.25, -0.2) is 4.68 Å². The number of rotatable bonds is 3. The first-order valence-corrected chi connectivity index (χ1v) is 5.19. The molecule has 0 saturated heterocycles. The van der Waals surface area contributed by atoms with E-state index in [9.17, 15) is 4.79 Å². The van der Waals surface area contributed by atoms with Crippen molar-refractivity contribution in [1.29, 1.82) is 0 Å². The van der Waals surface area contributed by atoms with Crippen molar-refractivity contribution in [3.05, 3.63) is 35.9 Å². The second-order valence-corrected chi connectivity index (χ2v) is 3.82. The van der Waals surface area contributed by atoms with E-state index in [1.54, 1.807) is 6.07 Å². The normalized spacial score (nSPS) is 10.4. The Kier molecular flexibility index (Phi) is 2.82. The third kappa shape index (κ3) is 2.28. The Hall–Kier alpha value is -2.30. The molecule has 17 heavy (non-hydrogen) atoms. The van der Waals surface area contributed by atoms with Gasteiger partial charge in [0, 0.05) is 11.6 Å². The average molecular weight is 231 g/mol. The van der Waals surface area contributed by atoms with Crippen molar-refractivity contribution >= 4 is 11.8 Å². The number of aliphatic carboxylic acids is 1. The molecule has 0 aliphatic rings. The molecular formula is C12H13N3O2. The third-order valence-electron chi connectivity index (χ3n) is 2.52. The molecule has 0 bridgehead atoms. The second kappa shape index (κ2) is 4.29. The summed E-state index contributed by atoms with van der Waals surface area (Å²) in [7, 11) is 0. The van der Waals surface area contributed by atoms with Crippen molar-refractivity contribution in [1.82, 2.24) is 9.78 Å². The van der Waals surface area contributed by atoms with Crippen LogP contribution in [0.25, 0.3) is 11.3 Å². The summed E-state index contributed by atoms with van der Waals surface area (Å²) < 4.78 is 1.28. The van der Waals surface area contributed by atoms with Crippen LogP contribution in [-0.4, -0.2) is 20.9 Å². The zero-order valence-corrected chi connectivity index (χ0v) is 9.42. The summed E-state index contributed by atoms with van der Waals surface area (Å²) in [5, 5.41) is 12.9. The van der Waals surface area contributed by atoms with Crippen LogP contribution in [0.5, 0.6) is 0 Å². The molecule has 1 heterocycles. The van der Waals surface area contributed by atoms with Gasteiger partial charge in [0.05, 0.1) is 5.69 Å². The summed E-state index contributed by atoms with van der Waals surface area (Å²) >= 11 is 0. The van der Waals surface area contributed by atoms with E-state index in [1.807, 2.05) is 31.2 Å². The van der Waals surface area contributed by atoms with Crippen molar-refractivity contribution in [3.8, 4) is 11.3 Å². The van der Waals surface area contributed by atoms with Gasteiger partial charge in [0.1, 0.15) is 12.4 Å². The predicted molar refractivity (Wildman–Crippen MR) is 64.4 cm³/mol. The smallest absolute Gasteiger partial charge is 0.325 e. The lowest BCUT2D eigenvalue weighted by Gasteiger charge is -2.01. The number of carbonyl (C=O) groups is 1. The highest BCUT2D eigenvalue weighted by molar-refractivity contribution is 5.69. The average Bonchev–Trinajstić information content (AvgIpc) is 2.60. The van der Waals surface area contributed by atoms with E-state index >= 15 is 0 Å². The molecule has 0 aliphatic heterocycles. The molecule has 1 aromatic heterocycles. The van der Waals surface area contributed by atoms with Crippen LogP contribution in [0, 0.1) is 6.92 Å². The van der Waals surface area contributed by atoms with E-state index in [2.05, 4.69) is 5.10 Å². The number of nitrogen functional groups attached to an aromatic ring is 1. The first-order chi connectivity index (χ1) is 8.08. The van der Waals surface area contributed by atoms with Crippen LogP contribution in [-0.2, 0) is 11.3 Å². The minimum absolute atomic E-state index is 0.224. The summed E-state index contributed by atoms with van der Waals surface area (Å²) in [5.41, 5.74) is 8.45. The highest BCUT2D eigenvalue weighted by Crippen LogP contribution is 2.23. The molecule has 5 nitrogen and oxygen atoms in total. The van der Waals surface area contributed by atoms with Gasteiger partial charge in [-0.2, -0.15) is 5.10 Å². The van der Waals surface area contributed by atoms with Gasteiger partial charge in [0.25, 0.3) is 0 Å². The van der Waals surface area contributed by atoms with Crippen LogP contribution in [0.3, 0.4) is 0 Å². The predicted octanol–water partition coefficient (Wildman–Crippen LogP) is 1.53. The summed E-state index contributed by atoms with van der Waals surface area (Å²) in [4.78, 5) is 10.6. The largest absolute Gasteiger partial charge is 0.480 e. The Morgan fingerprint density at radius 2 is 2.18 bits per heavy atom. The van der Waals surface area contributed by atoms with E-state index in [0.29, 0.717) is 11.5 Å². The second-order valence-electron chi connectivity index (χ2n) is 3.82. The number of nitrogens with zero attached hydrogens (tertiary/aromatic N) is 2. The SMILES string of the molecule is Cc1ccccc1-c1cc(N)n(CC(=O)O)n1. The van der Waals surface area contributed by atoms with Crippen LogP contribution in [0.4, 0.5) is 5.82 Å². The van der Waals surface area contributed by atoms with Gasteiger partial charge >= 0.3 is 5.97 Å². The minimum Gasteiger partial charge on any atom is -0.480 e. The van der Waals surface area contributed by atoms with Crippen molar-refractivity contribution in [2.45, 2.75) is 13.5 Å². The molecule has 0 atom stereocenters. The van der Waals surface area contributed by atoms with Crippen LogP contribution in [0.15, 0.2) is 30.3 Å². The quantitative estimate of drug-likeness (QED) is 0.839. The molecule has 0 saturated carbocycles. The van der Waals surface area contributed by atoms with Gasteiger partial charge in [0.2, 0.25) is 0 Å². The number of carboxylic acid groups (broad SMARTS) is 1. The number of hydrogen-bond donors (Lipinski definition) is 2. The Morgan fingerprint density at radius 1 is 1.47 bits per heavy atom. The summed E-state index contributed by atoms with van der Waals surface area (Å²) in [6.07, 6.45) is 0. The highest BCUT2D eigenvalue weighted by Gasteiger charge is 2.10. The van der Waals surface area contributed by atoms with Crippen molar-refractivity contribution in [3.63, 3.8) is 0 Å². The Labute approximate surface area is 98.5 Å². The molecule has 0 radical (unpaired) electrons. The molecule has 2 rings (SSSR count). The monoisotopic (exact) mass is 231 g/mol. The molecular weight excluding hydrogens is 218 g/mol. The van der Waals surface area contributed by atoms with E-state index in [0.717, 1.165) is 11.1 Å². The maximum absolute atomic E-state index is 10.6. The van der Waals surface area contributed by atoms with Crippen LogP contribution >= 0.6 is 0 Å². The van der Waals surface area contributed by atoms with Gasteiger partial charge in [-0.3, -0.25) is 4.79 Å². The maximum Gasteiger partial charge on any atom is 0.325 e. The number of nitrogens with two attached hydrogens (primary N) is 1. The molecule has 0 spiro atoms. The zero-order valence-electron chi connectivity index (χ0n) is 9.42. The molecule has 0 amide bonds. The molecule has 0 aliphatic carbocycles. The molecule has 0 fully saturated rings. The van der Waals surface area contributed by atoms with Gasteiger partial charge in [0.15, 0.2) is 0 Å². The van der Waals surface area contributed by atoms with Crippen LogP contribution in [0.2, 0.25) is 0 Å².